The molecule has 0 aliphatic heterocycles. The van der Waals surface area contributed by atoms with E-state index in [0.717, 1.165) is 17.5 Å². The van der Waals surface area contributed by atoms with Gasteiger partial charge in [-0.1, -0.05) is 43.1 Å². The fourth-order valence-corrected chi connectivity index (χ4v) is 4.52. The second-order valence-electron chi connectivity index (χ2n) is 7.51. The van der Waals surface area contributed by atoms with E-state index in [-0.39, 0.29) is 28.2 Å². The van der Waals surface area contributed by atoms with E-state index in [1.165, 1.54) is 16.7 Å². The Morgan fingerprint density at radius 1 is 1.16 bits per heavy atom. The first-order chi connectivity index (χ1) is 15.1. The third-order valence-corrected chi connectivity index (χ3v) is 6.39. The summed E-state index contributed by atoms with van der Waals surface area (Å²) in [4.78, 5) is 20.7. The highest BCUT2D eigenvalue weighted by Crippen LogP contribution is 2.30. The van der Waals surface area contributed by atoms with Gasteiger partial charge in [-0.2, -0.15) is 9.97 Å². The van der Waals surface area contributed by atoms with Crippen molar-refractivity contribution >= 4 is 27.4 Å². The van der Waals surface area contributed by atoms with Crippen LogP contribution in [0.2, 0.25) is 5.02 Å². The maximum absolute atomic E-state index is 12.5. The van der Waals surface area contributed by atoms with Crippen LogP contribution in [0.1, 0.15) is 30.9 Å². The predicted molar refractivity (Wildman–Crippen MR) is 126 cm³/mol. The molecule has 10 heteroatoms. The van der Waals surface area contributed by atoms with Crippen molar-refractivity contribution in [2.24, 2.45) is 7.05 Å². The van der Waals surface area contributed by atoms with Crippen LogP contribution in [0.5, 0.6) is 11.8 Å². The summed E-state index contributed by atoms with van der Waals surface area (Å²) in [6.07, 6.45) is 2.83. The van der Waals surface area contributed by atoms with Crippen molar-refractivity contribution < 1.29 is 13.2 Å². The summed E-state index contributed by atoms with van der Waals surface area (Å²) in [6, 6.07) is 8.63. The van der Waals surface area contributed by atoms with Crippen molar-refractivity contribution in [3.8, 4) is 23.0 Å². The summed E-state index contributed by atoms with van der Waals surface area (Å²) in [5, 5.41) is 0.0194. The molecule has 0 aliphatic carbocycles. The molecule has 0 saturated heterocycles. The smallest absolute Gasteiger partial charge is 0.324 e. The summed E-state index contributed by atoms with van der Waals surface area (Å²) in [5.41, 5.74) is 2.28. The number of ether oxygens (including phenoxy) is 1. The number of hydrogen-bond donors (Lipinski definition) is 1. The van der Waals surface area contributed by atoms with Gasteiger partial charge in [-0.05, 0) is 37.5 Å². The molecule has 0 atom stereocenters. The molecule has 3 rings (SSSR count). The lowest BCUT2D eigenvalue weighted by Crippen LogP contribution is -2.18. The number of rotatable bonds is 8. The monoisotopic (exact) mass is 476 g/mol. The first-order valence-corrected chi connectivity index (χ1v) is 12.1. The lowest BCUT2D eigenvalue weighted by molar-refractivity contribution is 0.437. The molecule has 0 amide bonds. The Morgan fingerprint density at radius 3 is 2.47 bits per heavy atom. The Kier molecular flexibility index (Phi) is 7.20. The van der Waals surface area contributed by atoms with Crippen LogP contribution in [0.15, 0.2) is 41.3 Å². The van der Waals surface area contributed by atoms with Crippen LogP contribution in [0, 0.1) is 13.8 Å². The van der Waals surface area contributed by atoms with E-state index in [9.17, 15) is 13.2 Å². The molecule has 1 aromatic carbocycles. The number of nitrogens with one attached hydrogen (secondary N) is 1. The van der Waals surface area contributed by atoms with Crippen LogP contribution in [-0.2, 0) is 17.1 Å². The van der Waals surface area contributed by atoms with Crippen LogP contribution >= 0.6 is 11.6 Å². The highest BCUT2D eigenvalue weighted by atomic mass is 35.5. The van der Waals surface area contributed by atoms with Crippen LogP contribution in [-0.4, -0.2) is 28.7 Å². The van der Waals surface area contributed by atoms with Gasteiger partial charge in [0.25, 0.3) is 5.56 Å². The first-order valence-electron chi connectivity index (χ1n) is 10.1. The molecule has 8 nitrogen and oxygen atoms in total. The molecule has 0 spiro atoms. The topological polar surface area (TPSA) is 103 Å². The summed E-state index contributed by atoms with van der Waals surface area (Å²) in [5.74, 6) is 0.627. The maximum Gasteiger partial charge on any atom is 0.324 e. The molecule has 2 heterocycles. The minimum absolute atomic E-state index is 0.0194. The average molecular weight is 477 g/mol. The molecule has 0 unspecified atom stereocenters. The van der Waals surface area contributed by atoms with Crippen LogP contribution in [0.25, 0.3) is 11.3 Å². The molecule has 0 bridgehead atoms. The lowest BCUT2D eigenvalue weighted by Gasteiger charge is -2.14. The average Bonchev–Trinajstić information content (AvgIpc) is 2.72. The van der Waals surface area contributed by atoms with Gasteiger partial charge in [-0.15, -0.1) is 0 Å². The lowest BCUT2D eigenvalue weighted by atomic mass is 10.1. The van der Waals surface area contributed by atoms with Gasteiger partial charge >= 0.3 is 6.01 Å². The Balaban J connectivity index is 2.10. The molecule has 0 fully saturated rings. The van der Waals surface area contributed by atoms with Gasteiger partial charge in [-0.3, -0.25) is 9.52 Å². The van der Waals surface area contributed by atoms with E-state index in [1.54, 1.807) is 13.2 Å². The largest absolute Gasteiger partial charge is 0.424 e. The highest BCUT2D eigenvalue weighted by Gasteiger charge is 2.17. The second-order valence-corrected chi connectivity index (χ2v) is 9.76. The van der Waals surface area contributed by atoms with Gasteiger partial charge in [0, 0.05) is 24.9 Å². The molecule has 0 radical (unpaired) electrons. The van der Waals surface area contributed by atoms with E-state index in [2.05, 4.69) is 14.7 Å². The summed E-state index contributed by atoms with van der Waals surface area (Å²) in [6.45, 7) is 5.71. The zero-order chi connectivity index (χ0) is 23.5. The maximum atomic E-state index is 12.5. The fraction of sp³-hybridized carbons (Fsp3) is 0.318. The molecule has 0 saturated carbocycles. The molecule has 3 aromatic rings. The molecular formula is C22H25ClN4O4S. The number of anilines is 1. The molecular weight excluding hydrogens is 452 g/mol. The van der Waals surface area contributed by atoms with Gasteiger partial charge in [-0.25, -0.2) is 8.42 Å². The summed E-state index contributed by atoms with van der Waals surface area (Å²) < 4.78 is 34.7. The number of unbranched alkanes of at least 4 members (excludes halogenated alkanes) is 1. The Bertz CT molecular complexity index is 1260. The van der Waals surface area contributed by atoms with Gasteiger partial charge in [0.2, 0.25) is 10.0 Å². The number of hydrogen-bond acceptors (Lipinski definition) is 6. The van der Waals surface area contributed by atoms with E-state index in [1.807, 2.05) is 39.0 Å². The van der Waals surface area contributed by atoms with Crippen molar-refractivity contribution in [2.75, 3.05) is 10.5 Å². The van der Waals surface area contributed by atoms with E-state index >= 15 is 0 Å². The van der Waals surface area contributed by atoms with Crippen molar-refractivity contribution in [3.63, 3.8) is 0 Å². The number of para-hydroxylation sites is 1. The van der Waals surface area contributed by atoms with Gasteiger partial charge in [0.1, 0.15) is 16.6 Å². The quantitative estimate of drug-likeness (QED) is 0.515. The van der Waals surface area contributed by atoms with E-state index < -0.39 is 10.0 Å². The minimum Gasteiger partial charge on any atom is -0.424 e. The van der Waals surface area contributed by atoms with E-state index in [4.69, 9.17) is 16.3 Å². The molecule has 0 aliphatic rings. The summed E-state index contributed by atoms with van der Waals surface area (Å²) in [7, 11) is -2.03. The summed E-state index contributed by atoms with van der Waals surface area (Å²) >= 11 is 6.06. The number of benzene rings is 1. The molecule has 2 aromatic heterocycles. The normalized spacial score (nSPS) is 11.4. The van der Waals surface area contributed by atoms with Crippen molar-refractivity contribution in [2.45, 2.75) is 33.6 Å². The number of sulfonamides is 1. The first kappa shape index (κ1) is 23.7. The van der Waals surface area contributed by atoms with Gasteiger partial charge in [0.15, 0.2) is 0 Å². The van der Waals surface area contributed by atoms with Crippen LogP contribution in [0.3, 0.4) is 0 Å². The number of nitrogens with zero attached hydrogens (tertiary/aromatic N) is 3. The fourth-order valence-electron chi connectivity index (χ4n) is 3.08. The number of aryl methyl sites for hydroxylation is 3. The van der Waals surface area contributed by atoms with Crippen LogP contribution < -0.4 is 15.0 Å². The minimum atomic E-state index is -3.60. The standard InChI is InChI=1S/C22H25ClN4O4S/c1-5-6-10-32(29,30)26-19-12-18(16-11-17(23)21(28)27(4)13-16)24-22(25-19)31-20-14(2)8-7-9-15(20)3/h7-9,11-13H,5-6,10H2,1-4H3,(H,24,25,26). The highest BCUT2D eigenvalue weighted by molar-refractivity contribution is 7.92. The zero-order valence-corrected chi connectivity index (χ0v) is 19.9. The van der Waals surface area contributed by atoms with E-state index in [0.29, 0.717) is 23.4 Å². The number of aromatic nitrogens is 3. The van der Waals surface area contributed by atoms with Crippen molar-refractivity contribution in [3.05, 3.63) is 63.0 Å². The van der Waals surface area contributed by atoms with Crippen molar-refractivity contribution in [1.29, 1.82) is 0 Å². The number of halogens is 1. The predicted octanol–water partition coefficient (Wildman–Crippen LogP) is 4.45. The Morgan fingerprint density at radius 2 is 1.84 bits per heavy atom. The molecule has 32 heavy (non-hydrogen) atoms. The Labute approximate surface area is 192 Å². The molecule has 1 N–H and O–H groups in total. The molecule has 170 valence electrons. The second kappa shape index (κ2) is 9.70. The third-order valence-electron chi connectivity index (χ3n) is 4.77. The van der Waals surface area contributed by atoms with Crippen LogP contribution in [0.4, 0.5) is 5.82 Å². The number of pyridine rings is 1. The SMILES string of the molecule is CCCCS(=O)(=O)Nc1cc(-c2cc(Cl)c(=O)n(C)c2)nc(Oc2c(C)cccc2C)n1. The van der Waals surface area contributed by atoms with Gasteiger partial charge < -0.3 is 9.30 Å². The third kappa shape index (κ3) is 5.66. The Hall–Kier alpha value is -2.91. The zero-order valence-electron chi connectivity index (χ0n) is 18.3. The van der Waals surface area contributed by atoms with Crippen molar-refractivity contribution in [1.82, 2.24) is 14.5 Å². The van der Waals surface area contributed by atoms with Gasteiger partial charge in [0.05, 0.1) is 11.4 Å².